The molecule has 0 amide bonds. The van der Waals surface area contributed by atoms with Crippen molar-refractivity contribution in [3.63, 3.8) is 0 Å². The van der Waals surface area contributed by atoms with Crippen LogP contribution in [0, 0.1) is 5.82 Å². The highest BCUT2D eigenvalue weighted by Gasteiger charge is 2.09. The van der Waals surface area contributed by atoms with E-state index in [1.165, 1.54) is 12.1 Å². The van der Waals surface area contributed by atoms with Gasteiger partial charge in [-0.15, -0.1) is 0 Å². The van der Waals surface area contributed by atoms with Crippen LogP contribution in [0.4, 0.5) is 10.1 Å². The molecule has 1 aromatic carbocycles. The number of nitrogens with one attached hydrogen (secondary N) is 1. The van der Waals surface area contributed by atoms with Crippen molar-refractivity contribution < 1.29 is 4.39 Å². The van der Waals surface area contributed by atoms with Gasteiger partial charge in [0.15, 0.2) is 0 Å². The van der Waals surface area contributed by atoms with Gasteiger partial charge < -0.3 is 5.32 Å². The van der Waals surface area contributed by atoms with E-state index in [9.17, 15) is 4.39 Å². The number of hydrogen-bond donors (Lipinski definition) is 1. The molecule has 94 valence electrons. The summed E-state index contributed by atoms with van der Waals surface area (Å²) in [6.07, 6.45) is 2.59. The van der Waals surface area contributed by atoms with Crippen LogP contribution in [0.5, 0.6) is 0 Å². The van der Waals surface area contributed by atoms with E-state index in [1.54, 1.807) is 24.4 Å². The van der Waals surface area contributed by atoms with Gasteiger partial charge in [0.1, 0.15) is 11.0 Å². The Morgan fingerprint density at radius 3 is 2.50 bits per heavy atom. The minimum atomic E-state index is -0.221. The fourth-order valence-electron chi connectivity index (χ4n) is 1.78. The predicted octanol–water partition coefficient (Wildman–Crippen LogP) is 4.44. The lowest BCUT2D eigenvalue weighted by Crippen LogP contribution is -2.09. The smallest absolute Gasteiger partial charge is 0.129 e. The van der Waals surface area contributed by atoms with Crippen molar-refractivity contribution in [1.29, 1.82) is 0 Å². The molecular weight excluding hydrogens is 251 g/mol. The maximum absolute atomic E-state index is 12.9. The Labute approximate surface area is 111 Å². The van der Waals surface area contributed by atoms with E-state index in [4.69, 9.17) is 11.6 Å². The lowest BCUT2D eigenvalue weighted by Gasteiger charge is -2.18. The van der Waals surface area contributed by atoms with E-state index in [2.05, 4.69) is 17.2 Å². The number of anilines is 1. The maximum Gasteiger partial charge on any atom is 0.129 e. The fraction of sp³-hybridized carbons (Fsp3) is 0.214. The van der Waals surface area contributed by atoms with Crippen molar-refractivity contribution in [1.82, 2.24) is 4.98 Å². The fourth-order valence-corrected chi connectivity index (χ4v) is 1.89. The molecule has 1 unspecified atom stereocenters. The molecule has 1 atom stereocenters. The van der Waals surface area contributed by atoms with Crippen LogP contribution in [-0.2, 0) is 0 Å². The molecule has 1 heterocycles. The number of halogens is 2. The third-order valence-corrected chi connectivity index (χ3v) is 2.97. The average Bonchev–Trinajstić information content (AvgIpc) is 2.39. The van der Waals surface area contributed by atoms with Gasteiger partial charge >= 0.3 is 0 Å². The van der Waals surface area contributed by atoms with E-state index >= 15 is 0 Å². The van der Waals surface area contributed by atoms with Gasteiger partial charge in [0.05, 0.1) is 17.9 Å². The van der Waals surface area contributed by atoms with Crippen molar-refractivity contribution in [3.8, 4) is 0 Å². The van der Waals surface area contributed by atoms with Crippen LogP contribution in [0.3, 0.4) is 0 Å². The van der Waals surface area contributed by atoms with Crippen molar-refractivity contribution in [2.45, 2.75) is 19.4 Å². The number of pyridine rings is 1. The third-order valence-electron chi connectivity index (χ3n) is 2.75. The number of aromatic nitrogens is 1. The summed E-state index contributed by atoms with van der Waals surface area (Å²) in [6.45, 7) is 2.07. The van der Waals surface area contributed by atoms with E-state index < -0.39 is 0 Å². The van der Waals surface area contributed by atoms with Crippen LogP contribution in [0.15, 0.2) is 42.6 Å². The summed E-state index contributed by atoms with van der Waals surface area (Å²) in [5.41, 5.74) is 1.95. The predicted molar refractivity (Wildman–Crippen MR) is 72.3 cm³/mol. The third kappa shape index (κ3) is 3.20. The zero-order valence-electron chi connectivity index (χ0n) is 10.0. The van der Waals surface area contributed by atoms with Crippen LogP contribution in [-0.4, -0.2) is 4.98 Å². The minimum absolute atomic E-state index is 0.133. The molecule has 2 aromatic rings. The molecule has 18 heavy (non-hydrogen) atoms. The van der Waals surface area contributed by atoms with Gasteiger partial charge in [0.2, 0.25) is 0 Å². The highest BCUT2D eigenvalue weighted by molar-refractivity contribution is 6.29. The van der Waals surface area contributed by atoms with Crippen LogP contribution >= 0.6 is 11.6 Å². The zero-order valence-corrected chi connectivity index (χ0v) is 10.8. The molecule has 2 rings (SSSR count). The summed E-state index contributed by atoms with van der Waals surface area (Å²) in [7, 11) is 0. The molecule has 0 fully saturated rings. The van der Waals surface area contributed by atoms with Crippen LogP contribution in [0.2, 0.25) is 5.15 Å². The van der Waals surface area contributed by atoms with Gasteiger partial charge in [0.25, 0.3) is 0 Å². The lowest BCUT2D eigenvalue weighted by molar-refractivity contribution is 0.625. The zero-order chi connectivity index (χ0) is 13.0. The average molecular weight is 265 g/mol. The largest absolute Gasteiger partial charge is 0.377 e. The Kier molecular flexibility index (Phi) is 4.15. The van der Waals surface area contributed by atoms with Gasteiger partial charge in [-0.05, 0) is 36.2 Å². The second-order valence-electron chi connectivity index (χ2n) is 4.03. The highest BCUT2D eigenvalue weighted by atomic mass is 35.5. The summed E-state index contributed by atoms with van der Waals surface area (Å²) in [6, 6.07) is 10.3. The van der Waals surface area contributed by atoms with Gasteiger partial charge in [-0.1, -0.05) is 30.7 Å². The molecule has 0 saturated carbocycles. The molecule has 0 aliphatic rings. The minimum Gasteiger partial charge on any atom is -0.377 e. The highest BCUT2D eigenvalue weighted by Crippen LogP contribution is 2.22. The Morgan fingerprint density at radius 1 is 1.22 bits per heavy atom. The molecule has 0 spiro atoms. The molecule has 1 aromatic heterocycles. The van der Waals surface area contributed by atoms with Crippen LogP contribution in [0.1, 0.15) is 24.9 Å². The lowest BCUT2D eigenvalue weighted by atomic mass is 10.0. The van der Waals surface area contributed by atoms with Gasteiger partial charge in [0, 0.05) is 0 Å². The normalized spacial score (nSPS) is 12.2. The van der Waals surface area contributed by atoms with Crippen LogP contribution < -0.4 is 5.32 Å². The summed E-state index contributed by atoms with van der Waals surface area (Å²) in [5, 5.41) is 3.82. The molecule has 0 aliphatic carbocycles. The monoisotopic (exact) mass is 264 g/mol. The summed E-state index contributed by atoms with van der Waals surface area (Å²) < 4.78 is 12.9. The Balaban J connectivity index is 2.14. The molecule has 0 bridgehead atoms. The number of benzene rings is 1. The topological polar surface area (TPSA) is 24.9 Å². The second kappa shape index (κ2) is 5.83. The van der Waals surface area contributed by atoms with Crippen molar-refractivity contribution in [3.05, 3.63) is 59.1 Å². The number of hydrogen-bond acceptors (Lipinski definition) is 2. The van der Waals surface area contributed by atoms with Crippen molar-refractivity contribution in [2.75, 3.05) is 5.32 Å². The van der Waals surface area contributed by atoms with Gasteiger partial charge in [-0.25, -0.2) is 9.37 Å². The molecule has 0 saturated heterocycles. The molecular formula is C14H14ClFN2. The number of rotatable bonds is 4. The maximum atomic E-state index is 12.9. The van der Waals surface area contributed by atoms with Gasteiger partial charge in [-0.2, -0.15) is 0 Å². The Morgan fingerprint density at radius 2 is 1.94 bits per heavy atom. The molecule has 0 radical (unpaired) electrons. The first-order valence-electron chi connectivity index (χ1n) is 5.82. The summed E-state index contributed by atoms with van der Waals surface area (Å²) in [4.78, 5) is 4.02. The molecule has 0 aliphatic heterocycles. The summed E-state index contributed by atoms with van der Waals surface area (Å²) in [5.74, 6) is -0.221. The summed E-state index contributed by atoms with van der Waals surface area (Å²) >= 11 is 5.74. The SMILES string of the molecule is CCC(Nc1ccc(Cl)nc1)c1ccc(F)cc1. The first kappa shape index (κ1) is 12.8. The second-order valence-corrected chi connectivity index (χ2v) is 4.41. The molecule has 2 nitrogen and oxygen atoms in total. The Hall–Kier alpha value is -1.61. The van der Waals surface area contributed by atoms with E-state index in [0.717, 1.165) is 17.7 Å². The molecule has 1 N–H and O–H groups in total. The van der Waals surface area contributed by atoms with E-state index in [1.807, 2.05) is 6.07 Å². The Bertz CT molecular complexity index is 496. The van der Waals surface area contributed by atoms with Crippen molar-refractivity contribution >= 4 is 17.3 Å². The van der Waals surface area contributed by atoms with E-state index in [-0.39, 0.29) is 11.9 Å². The first-order valence-corrected chi connectivity index (χ1v) is 6.20. The quantitative estimate of drug-likeness (QED) is 0.826. The van der Waals surface area contributed by atoms with E-state index in [0.29, 0.717) is 5.15 Å². The molecule has 4 heteroatoms. The van der Waals surface area contributed by atoms with Crippen LogP contribution in [0.25, 0.3) is 0 Å². The van der Waals surface area contributed by atoms with Crippen molar-refractivity contribution in [2.24, 2.45) is 0 Å². The number of nitrogens with zero attached hydrogens (tertiary/aromatic N) is 1. The first-order chi connectivity index (χ1) is 8.69. The standard InChI is InChI=1S/C14H14ClFN2/c1-2-13(10-3-5-11(16)6-4-10)18-12-7-8-14(15)17-9-12/h3-9,13,18H,2H2,1H3. The van der Waals surface area contributed by atoms with Gasteiger partial charge in [-0.3, -0.25) is 0 Å².